The summed E-state index contributed by atoms with van der Waals surface area (Å²) in [6.45, 7) is 0. The zero-order chi connectivity index (χ0) is 34.4. The van der Waals surface area contributed by atoms with E-state index in [1.165, 1.54) is 88.2 Å². The molecule has 0 spiro atoms. The first-order valence-electron chi connectivity index (χ1n) is 20.1. The lowest BCUT2D eigenvalue weighted by Crippen LogP contribution is -2.48. The van der Waals surface area contributed by atoms with Crippen LogP contribution in [0.15, 0.2) is 97.1 Å². The number of nitrogens with zero attached hydrogens (tertiary/aromatic N) is 4. The summed E-state index contributed by atoms with van der Waals surface area (Å²) in [6.07, 6.45) is 17.0. The van der Waals surface area contributed by atoms with Crippen molar-refractivity contribution in [2.75, 3.05) is 0 Å². The molecule has 1 aromatic heterocycles. The molecule has 5 aromatic rings. The van der Waals surface area contributed by atoms with Gasteiger partial charge in [0, 0.05) is 16.7 Å². The summed E-state index contributed by atoms with van der Waals surface area (Å²) in [4.78, 5) is 15.5. The summed E-state index contributed by atoms with van der Waals surface area (Å²) in [5, 5.41) is 9.54. The maximum Gasteiger partial charge on any atom is 0.164 e. The minimum absolute atomic E-state index is 0.366. The molecule has 8 aliphatic rings. The van der Waals surface area contributed by atoms with Crippen molar-refractivity contribution in [1.29, 1.82) is 5.26 Å². The molecule has 0 amide bonds. The van der Waals surface area contributed by atoms with Gasteiger partial charge in [-0.15, -0.1) is 0 Å². The molecule has 52 heavy (non-hydrogen) atoms. The van der Waals surface area contributed by atoms with Crippen molar-refractivity contribution in [3.63, 3.8) is 0 Å². The SMILES string of the molecule is N#Cc1cccc(-c2cccc(-c3nc(-c4ccc(C56C[C@H]7C[C@@H](C5)C[C@@H](C6)C7)cc4)nc(-c4ccc(C56C[C@H]7C[C@@H](C5)C[C@@H](C6)C7)cc4)n3)c2)c1. The molecule has 8 saturated carbocycles. The van der Waals surface area contributed by atoms with E-state index in [9.17, 15) is 5.26 Å². The van der Waals surface area contributed by atoms with Crippen LogP contribution in [-0.2, 0) is 10.8 Å². The highest BCUT2D eigenvalue weighted by atomic mass is 15.0. The van der Waals surface area contributed by atoms with E-state index in [-0.39, 0.29) is 0 Å². The van der Waals surface area contributed by atoms with Crippen molar-refractivity contribution < 1.29 is 0 Å². The summed E-state index contributed by atoms with van der Waals surface area (Å²) in [5.41, 5.74) is 9.52. The molecule has 0 saturated heterocycles. The van der Waals surface area contributed by atoms with E-state index in [0.29, 0.717) is 22.2 Å². The fourth-order valence-corrected chi connectivity index (χ4v) is 13.2. The van der Waals surface area contributed by atoms with Crippen molar-refractivity contribution in [2.45, 2.75) is 87.9 Å². The van der Waals surface area contributed by atoms with Crippen LogP contribution in [0.1, 0.15) is 93.7 Å². The molecule has 8 aliphatic carbocycles. The van der Waals surface area contributed by atoms with Gasteiger partial charge in [0.1, 0.15) is 0 Å². The van der Waals surface area contributed by atoms with Gasteiger partial charge in [0.25, 0.3) is 0 Å². The third-order valence-electron chi connectivity index (χ3n) is 14.7. The van der Waals surface area contributed by atoms with E-state index in [2.05, 4.69) is 84.9 Å². The summed E-state index contributed by atoms with van der Waals surface area (Å²) in [5.74, 6) is 7.66. The quantitative estimate of drug-likeness (QED) is 0.179. The van der Waals surface area contributed by atoms with E-state index in [1.807, 2.05) is 18.2 Å². The standard InChI is InChI=1S/C48H46N4/c49-29-30-3-1-4-39(21-30)40-5-2-6-41(22-40)46-51-44(37-7-11-42(12-8-37)47-23-31-15-32(24-47)17-33(16-31)25-47)50-45(52-46)38-9-13-43(14-10-38)48-26-34-18-35(27-48)20-36(19-34)28-48/h1-14,21-22,31-36H,15-20,23-28H2/t31-,32+,33-,34-,35+,36-,47?,48?. The van der Waals surface area contributed by atoms with Crippen LogP contribution >= 0.6 is 0 Å². The molecule has 13 rings (SSSR count). The smallest absolute Gasteiger partial charge is 0.164 e. The van der Waals surface area contributed by atoms with Gasteiger partial charge in [-0.1, -0.05) is 78.9 Å². The minimum Gasteiger partial charge on any atom is -0.208 e. The molecule has 8 fully saturated rings. The van der Waals surface area contributed by atoms with Crippen molar-refractivity contribution in [1.82, 2.24) is 15.0 Å². The van der Waals surface area contributed by atoms with Crippen LogP contribution in [0.3, 0.4) is 0 Å². The molecule has 0 N–H and O–H groups in total. The van der Waals surface area contributed by atoms with Crippen LogP contribution in [0.2, 0.25) is 0 Å². The monoisotopic (exact) mass is 678 g/mol. The number of nitriles is 1. The molecular formula is C48H46N4. The van der Waals surface area contributed by atoms with E-state index >= 15 is 0 Å². The third-order valence-corrected chi connectivity index (χ3v) is 14.7. The summed E-state index contributed by atoms with van der Waals surface area (Å²) in [7, 11) is 0. The Labute approximate surface area is 307 Å². The lowest BCUT2D eigenvalue weighted by atomic mass is 9.48. The van der Waals surface area contributed by atoms with E-state index < -0.39 is 0 Å². The van der Waals surface area contributed by atoms with Gasteiger partial charge in [-0.25, -0.2) is 15.0 Å². The molecule has 0 unspecified atom stereocenters. The first kappa shape index (κ1) is 31.0. The van der Waals surface area contributed by atoms with Crippen molar-refractivity contribution in [3.05, 3.63) is 114 Å². The molecule has 1 heterocycles. The molecule has 0 atom stereocenters. The highest BCUT2D eigenvalue weighted by Crippen LogP contribution is 2.62. The number of aromatic nitrogens is 3. The fourth-order valence-electron chi connectivity index (χ4n) is 13.2. The maximum absolute atomic E-state index is 9.54. The van der Waals surface area contributed by atoms with Gasteiger partial charge >= 0.3 is 0 Å². The lowest BCUT2D eigenvalue weighted by Gasteiger charge is -2.57. The van der Waals surface area contributed by atoms with Crippen LogP contribution < -0.4 is 0 Å². The molecule has 4 aromatic carbocycles. The molecule has 8 bridgehead atoms. The Kier molecular flexibility index (Phi) is 6.96. The zero-order valence-corrected chi connectivity index (χ0v) is 30.0. The normalized spacial score (nSPS) is 32.2. The Hall–Kier alpha value is -4.62. The van der Waals surface area contributed by atoms with Crippen molar-refractivity contribution in [3.8, 4) is 51.4 Å². The minimum atomic E-state index is 0.366. The third kappa shape index (κ3) is 5.18. The van der Waals surface area contributed by atoms with Crippen LogP contribution in [0.5, 0.6) is 0 Å². The lowest BCUT2D eigenvalue weighted by molar-refractivity contribution is -0.00530. The van der Waals surface area contributed by atoms with Gasteiger partial charge in [-0.05, 0) is 164 Å². The molecule has 0 radical (unpaired) electrons. The molecular weight excluding hydrogens is 633 g/mol. The Morgan fingerprint density at radius 3 is 1.21 bits per heavy atom. The van der Waals surface area contributed by atoms with E-state index in [0.717, 1.165) is 75.0 Å². The average molecular weight is 679 g/mol. The van der Waals surface area contributed by atoms with Gasteiger partial charge in [-0.2, -0.15) is 5.26 Å². The first-order chi connectivity index (χ1) is 25.5. The molecule has 4 nitrogen and oxygen atoms in total. The average Bonchev–Trinajstić information content (AvgIpc) is 3.17. The number of benzene rings is 4. The van der Waals surface area contributed by atoms with Crippen molar-refractivity contribution >= 4 is 0 Å². The Balaban J connectivity index is 0.972. The fraction of sp³-hybridized carbons (Fsp3) is 0.417. The first-order valence-corrected chi connectivity index (χ1v) is 20.1. The van der Waals surface area contributed by atoms with Crippen LogP contribution in [0.4, 0.5) is 0 Å². The molecule has 4 heteroatoms. The van der Waals surface area contributed by atoms with Gasteiger partial charge in [-0.3, -0.25) is 0 Å². The second-order valence-electron chi connectivity index (χ2n) is 18.1. The predicted octanol–water partition coefficient (Wildman–Crippen LogP) is 11.3. The maximum atomic E-state index is 9.54. The Morgan fingerprint density at radius 1 is 0.423 bits per heavy atom. The highest BCUT2D eigenvalue weighted by molar-refractivity contribution is 5.73. The van der Waals surface area contributed by atoms with E-state index in [1.54, 1.807) is 0 Å². The van der Waals surface area contributed by atoms with Gasteiger partial charge in [0.15, 0.2) is 17.5 Å². The second kappa shape index (κ2) is 11.7. The topological polar surface area (TPSA) is 62.5 Å². The van der Waals surface area contributed by atoms with Gasteiger partial charge in [0.05, 0.1) is 11.6 Å². The summed E-state index contributed by atoms with van der Waals surface area (Å²) < 4.78 is 0. The number of hydrogen-bond acceptors (Lipinski definition) is 4. The predicted molar refractivity (Wildman–Crippen MR) is 206 cm³/mol. The van der Waals surface area contributed by atoms with E-state index in [4.69, 9.17) is 15.0 Å². The Bertz CT molecular complexity index is 2050. The summed E-state index contributed by atoms with van der Waals surface area (Å²) in [6, 6.07) is 37.2. The molecule has 0 aliphatic heterocycles. The van der Waals surface area contributed by atoms with Gasteiger partial charge in [0.2, 0.25) is 0 Å². The second-order valence-corrected chi connectivity index (χ2v) is 18.1. The Morgan fingerprint density at radius 2 is 0.788 bits per heavy atom. The highest BCUT2D eigenvalue weighted by Gasteiger charge is 2.52. The number of hydrogen-bond donors (Lipinski definition) is 0. The van der Waals surface area contributed by atoms with Gasteiger partial charge < -0.3 is 0 Å². The largest absolute Gasteiger partial charge is 0.208 e. The molecule has 258 valence electrons. The van der Waals surface area contributed by atoms with Crippen LogP contribution in [-0.4, -0.2) is 15.0 Å². The van der Waals surface area contributed by atoms with Crippen LogP contribution in [0.25, 0.3) is 45.3 Å². The van der Waals surface area contributed by atoms with Crippen LogP contribution in [0, 0.1) is 46.8 Å². The summed E-state index contributed by atoms with van der Waals surface area (Å²) >= 11 is 0. The number of rotatable bonds is 6. The van der Waals surface area contributed by atoms with Crippen molar-refractivity contribution in [2.24, 2.45) is 35.5 Å². The zero-order valence-electron chi connectivity index (χ0n) is 30.0.